The minimum absolute atomic E-state index is 0.161. The molecule has 8 heteroatoms. The Morgan fingerprint density at radius 3 is 2.69 bits per heavy atom. The highest BCUT2D eigenvalue weighted by atomic mass is 35.5. The van der Waals surface area contributed by atoms with Crippen LogP contribution in [0.2, 0.25) is 5.02 Å². The van der Waals surface area contributed by atoms with Crippen molar-refractivity contribution < 1.29 is 23.0 Å². The van der Waals surface area contributed by atoms with Gasteiger partial charge in [-0.1, -0.05) is 29.8 Å². The van der Waals surface area contributed by atoms with Gasteiger partial charge in [-0.05, 0) is 36.4 Å². The highest BCUT2D eigenvalue weighted by molar-refractivity contribution is 6.30. The Balaban J connectivity index is 1.37. The fourth-order valence-electron chi connectivity index (χ4n) is 4.23. The molecular formula is C27H17ClO7. The molecule has 0 atom stereocenters. The van der Waals surface area contributed by atoms with Crippen molar-refractivity contribution in [1.82, 2.24) is 0 Å². The quantitative estimate of drug-likeness (QED) is 0.301. The monoisotopic (exact) mass is 488 g/mol. The second kappa shape index (κ2) is 8.61. The molecular weight excluding hydrogens is 472 g/mol. The summed E-state index contributed by atoms with van der Waals surface area (Å²) in [4.78, 5) is 25.1. The summed E-state index contributed by atoms with van der Waals surface area (Å²) in [5.74, 6) is 1.17. The van der Waals surface area contributed by atoms with Gasteiger partial charge in [0.15, 0.2) is 6.79 Å². The first-order chi connectivity index (χ1) is 17.0. The van der Waals surface area contributed by atoms with Crippen LogP contribution in [0.15, 0.2) is 85.2 Å². The molecule has 5 aromatic rings. The average Bonchev–Trinajstić information content (AvgIpc) is 2.86. The van der Waals surface area contributed by atoms with Gasteiger partial charge in [-0.2, -0.15) is 0 Å². The Morgan fingerprint density at radius 1 is 0.886 bits per heavy atom. The van der Waals surface area contributed by atoms with Crippen LogP contribution < -0.4 is 20.7 Å². The standard InChI is InChI=1S/C27H17ClO7/c28-18-7-16-12-31-14-33-26(16)17(8-18)13-32-19-5-6-20-21(11-25(29)34-24(20)10-19)22-9-15-3-1-2-4-23(15)35-27(22)30/h1-11H,12-14H2. The third-order valence-corrected chi connectivity index (χ3v) is 6.01. The molecule has 1 aliphatic rings. The number of fused-ring (bicyclic) bond motifs is 3. The van der Waals surface area contributed by atoms with Gasteiger partial charge in [0.1, 0.15) is 29.3 Å². The van der Waals surface area contributed by atoms with Crippen LogP contribution in [0, 0.1) is 0 Å². The summed E-state index contributed by atoms with van der Waals surface area (Å²) in [7, 11) is 0. The van der Waals surface area contributed by atoms with Gasteiger partial charge in [0, 0.05) is 44.6 Å². The Labute approximate surface area is 203 Å². The molecule has 3 aromatic carbocycles. The van der Waals surface area contributed by atoms with E-state index in [1.807, 2.05) is 12.1 Å². The van der Waals surface area contributed by atoms with E-state index in [1.54, 1.807) is 48.5 Å². The van der Waals surface area contributed by atoms with Crippen LogP contribution in [0.3, 0.4) is 0 Å². The maximum absolute atomic E-state index is 12.7. The molecule has 2 aromatic heterocycles. The second-order valence-electron chi connectivity index (χ2n) is 8.07. The zero-order valence-electron chi connectivity index (χ0n) is 18.2. The van der Waals surface area contributed by atoms with Crippen LogP contribution in [-0.2, 0) is 18.0 Å². The van der Waals surface area contributed by atoms with Gasteiger partial charge < -0.3 is 23.0 Å². The van der Waals surface area contributed by atoms with Gasteiger partial charge in [-0.25, -0.2) is 9.59 Å². The molecule has 6 rings (SSSR count). The van der Waals surface area contributed by atoms with Crippen molar-refractivity contribution in [3.8, 4) is 22.6 Å². The third-order valence-electron chi connectivity index (χ3n) is 5.79. The SMILES string of the molecule is O=c1cc(-c2cc3ccccc3oc2=O)c2ccc(OCc3cc(Cl)cc4c3OCOC4)cc2o1. The van der Waals surface area contributed by atoms with Crippen molar-refractivity contribution in [2.75, 3.05) is 6.79 Å². The average molecular weight is 489 g/mol. The van der Waals surface area contributed by atoms with Gasteiger partial charge in [0.2, 0.25) is 0 Å². The van der Waals surface area contributed by atoms with Crippen molar-refractivity contribution in [3.05, 3.63) is 104 Å². The van der Waals surface area contributed by atoms with E-state index in [9.17, 15) is 9.59 Å². The van der Waals surface area contributed by atoms with E-state index in [1.165, 1.54) is 6.07 Å². The van der Waals surface area contributed by atoms with Crippen molar-refractivity contribution in [3.63, 3.8) is 0 Å². The van der Waals surface area contributed by atoms with E-state index >= 15 is 0 Å². The Kier molecular flexibility index (Phi) is 5.28. The lowest BCUT2D eigenvalue weighted by Crippen LogP contribution is -2.14. The van der Waals surface area contributed by atoms with Gasteiger partial charge in [-0.3, -0.25) is 0 Å². The number of rotatable bonds is 4. The largest absolute Gasteiger partial charge is 0.489 e. The van der Waals surface area contributed by atoms with E-state index in [0.29, 0.717) is 39.7 Å². The van der Waals surface area contributed by atoms with Crippen LogP contribution in [0.25, 0.3) is 33.1 Å². The molecule has 174 valence electrons. The summed E-state index contributed by atoms with van der Waals surface area (Å²) >= 11 is 6.23. The fourth-order valence-corrected chi connectivity index (χ4v) is 4.49. The third kappa shape index (κ3) is 4.05. The molecule has 0 spiro atoms. The molecule has 0 saturated heterocycles. The normalized spacial score (nSPS) is 12.9. The van der Waals surface area contributed by atoms with E-state index < -0.39 is 11.3 Å². The number of para-hydroxylation sites is 1. The van der Waals surface area contributed by atoms with Gasteiger partial charge in [-0.15, -0.1) is 0 Å². The van der Waals surface area contributed by atoms with Crippen molar-refractivity contribution in [1.29, 1.82) is 0 Å². The number of ether oxygens (including phenoxy) is 3. The van der Waals surface area contributed by atoms with Crippen LogP contribution in [-0.4, -0.2) is 6.79 Å². The molecule has 0 saturated carbocycles. The van der Waals surface area contributed by atoms with Crippen molar-refractivity contribution >= 4 is 33.5 Å². The lowest BCUT2D eigenvalue weighted by molar-refractivity contribution is -0.0175. The Bertz CT molecular complexity index is 1720. The molecule has 0 amide bonds. The lowest BCUT2D eigenvalue weighted by Gasteiger charge is -2.21. The zero-order valence-corrected chi connectivity index (χ0v) is 19.0. The van der Waals surface area contributed by atoms with Gasteiger partial charge in [0.25, 0.3) is 0 Å². The van der Waals surface area contributed by atoms with E-state index in [0.717, 1.165) is 16.5 Å². The summed E-state index contributed by atoms with van der Waals surface area (Å²) < 4.78 is 27.8. The van der Waals surface area contributed by atoms with Crippen LogP contribution in [0.4, 0.5) is 0 Å². The van der Waals surface area contributed by atoms with E-state index in [4.69, 9.17) is 34.6 Å². The predicted octanol–water partition coefficient (Wildman–Crippen LogP) is 5.67. The van der Waals surface area contributed by atoms with Crippen LogP contribution in [0.1, 0.15) is 11.1 Å². The second-order valence-corrected chi connectivity index (χ2v) is 8.51. The van der Waals surface area contributed by atoms with Gasteiger partial charge in [0.05, 0.1) is 12.2 Å². The summed E-state index contributed by atoms with van der Waals surface area (Å²) in [6.07, 6.45) is 0. The molecule has 0 radical (unpaired) electrons. The predicted molar refractivity (Wildman–Crippen MR) is 130 cm³/mol. The molecule has 0 fully saturated rings. The highest BCUT2D eigenvalue weighted by Crippen LogP contribution is 2.34. The van der Waals surface area contributed by atoms with Crippen molar-refractivity contribution in [2.24, 2.45) is 0 Å². The lowest BCUT2D eigenvalue weighted by atomic mass is 10.0. The summed E-state index contributed by atoms with van der Waals surface area (Å²) in [6.45, 7) is 0.760. The van der Waals surface area contributed by atoms with E-state index in [-0.39, 0.29) is 24.5 Å². The number of halogens is 1. The highest BCUT2D eigenvalue weighted by Gasteiger charge is 2.18. The molecule has 0 bridgehead atoms. The first-order valence-corrected chi connectivity index (χ1v) is 11.2. The topological polar surface area (TPSA) is 88.1 Å². The zero-order chi connectivity index (χ0) is 23.9. The van der Waals surface area contributed by atoms with Crippen molar-refractivity contribution in [2.45, 2.75) is 13.2 Å². The molecule has 3 heterocycles. The van der Waals surface area contributed by atoms with Crippen LogP contribution >= 0.6 is 11.6 Å². The maximum atomic E-state index is 12.7. The summed E-state index contributed by atoms with van der Waals surface area (Å²) in [6, 6.07) is 18.9. The number of hydrogen-bond donors (Lipinski definition) is 0. The minimum atomic E-state index is -0.588. The molecule has 0 N–H and O–H groups in total. The fraction of sp³-hybridized carbons (Fsp3) is 0.111. The smallest absolute Gasteiger partial charge is 0.344 e. The number of hydrogen-bond acceptors (Lipinski definition) is 7. The first-order valence-electron chi connectivity index (χ1n) is 10.8. The first kappa shape index (κ1) is 21.5. The molecule has 0 aliphatic carbocycles. The molecule has 7 nitrogen and oxygen atoms in total. The molecule has 1 aliphatic heterocycles. The van der Waals surface area contributed by atoms with Gasteiger partial charge >= 0.3 is 11.3 Å². The summed E-state index contributed by atoms with van der Waals surface area (Å²) in [5, 5.41) is 1.89. The maximum Gasteiger partial charge on any atom is 0.344 e. The Morgan fingerprint density at radius 2 is 1.77 bits per heavy atom. The van der Waals surface area contributed by atoms with E-state index in [2.05, 4.69) is 0 Å². The minimum Gasteiger partial charge on any atom is -0.489 e. The molecule has 35 heavy (non-hydrogen) atoms. The van der Waals surface area contributed by atoms with Crippen LogP contribution in [0.5, 0.6) is 11.5 Å². The molecule has 0 unspecified atom stereocenters. The Hall–Kier alpha value is -4.07. The summed E-state index contributed by atoms with van der Waals surface area (Å²) in [5.41, 5.74) is 1.98. The number of benzene rings is 3.